The van der Waals surface area contributed by atoms with Crippen molar-refractivity contribution in [1.82, 2.24) is 19.6 Å². The van der Waals surface area contributed by atoms with E-state index in [1.165, 1.54) is 11.3 Å². The van der Waals surface area contributed by atoms with Crippen molar-refractivity contribution < 1.29 is 4.79 Å². The molecule has 5 nitrogen and oxygen atoms in total. The van der Waals surface area contributed by atoms with Crippen molar-refractivity contribution >= 4 is 17.2 Å². The van der Waals surface area contributed by atoms with Crippen molar-refractivity contribution in [2.45, 2.75) is 46.7 Å². The second-order valence-corrected chi connectivity index (χ2v) is 9.69. The normalized spacial score (nSPS) is 14.1. The molecule has 0 bridgehead atoms. The van der Waals surface area contributed by atoms with E-state index in [2.05, 4.69) is 54.6 Å². The standard InChI is InChI=1S/C25H32N4OS/c1-4-27-13-12-24-22(17-27)23(26-29(24)20-9-6-5-7-10-20)18-28(16-19(2)3)25(30)15-21-11-8-14-31-21/h5-11,14,19H,4,12-13,15-18H2,1-3H3. The summed E-state index contributed by atoms with van der Waals surface area (Å²) in [6, 6.07) is 14.4. The van der Waals surface area contributed by atoms with Gasteiger partial charge in [0.2, 0.25) is 5.91 Å². The van der Waals surface area contributed by atoms with E-state index in [0.717, 1.165) is 48.9 Å². The molecule has 0 unspecified atom stereocenters. The third-order valence-electron chi connectivity index (χ3n) is 5.85. The minimum Gasteiger partial charge on any atom is -0.336 e. The molecule has 0 atom stereocenters. The fraction of sp³-hybridized carbons (Fsp3) is 0.440. The van der Waals surface area contributed by atoms with Crippen LogP contribution in [0.2, 0.25) is 0 Å². The molecule has 0 aliphatic carbocycles. The summed E-state index contributed by atoms with van der Waals surface area (Å²) in [5, 5.41) is 7.09. The first-order valence-electron chi connectivity index (χ1n) is 11.2. The van der Waals surface area contributed by atoms with Crippen LogP contribution < -0.4 is 0 Å². The molecule has 6 heteroatoms. The molecule has 1 aromatic carbocycles. The van der Waals surface area contributed by atoms with Gasteiger partial charge >= 0.3 is 0 Å². The summed E-state index contributed by atoms with van der Waals surface area (Å²) in [7, 11) is 0. The summed E-state index contributed by atoms with van der Waals surface area (Å²) in [6.45, 7) is 10.8. The highest BCUT2D eigenvalue weighted by atomic mass is 32.1. The zero-order chi connectivity index (χ0) is 21.8. The largest absolute Gasteiger partial charge is 0.336 e. The van der Waals surface area contributed by atoms with Gasteiger partial charge in [-0.25, -0.2) is 4.68 Å². The fourth-order valence-electron chi connectivity index (χ4n) is 4.27. The molecule has 0 N–H and O–H groups in total. The van der Waals surface area contributed by atoms with Gasteiger partial charge in [0.25, 0.3) is 0 Å². The van der Waals surface area contributed by atoms with Crippen molar-refractivity contribution in [3.8, 4) is 5.69 Å². The lowest BCUT2D eigenvalue weighted by Gasteiger charge is -2.28. The second kappa shape index (κ2) is 9.79. The Morgan fingerprint density at radius 3 is 2.68 bits per heavy atom. The molecule has 31 heavy (non-hydrogen) atoms. The highest BCUT2D eigenvalue weighted by Crippen LogP contribution is 2.27. The van der Waals surface area contributed by atoms with Gasteiger partial charge in [-0.05, 0) is 36.0 Å². The highest BCUT2D eigenvalue weighted by molar-refractivity contribution is 7.10. The molecule has 4 rings (SSSR count). The van der Waals surface area contributed by atoms with E-state index in [0.29, 0.717) is 18.9 Å². The van der Waals surface area contributed by atoms with Crippen molar-refractivity contribution in [1.29, 1.82) is 0 Å². The van der Waals surface area contributed by atoms with Gasteiger partial charge in [0.05, 0.1) is 30.0 Å². The maximum absolute atomic E-state index is 13.2. The zero-order valence-corrected chi connectivity index (χ0v) is 19.6. The van der Waals surface area contributed by atoms with Gasteiger partial charge in [-0.15, -0.1) is 11.3 Å². The number of nitrogens with zero attached hydrogens (tertiary/aromatic N) is 4. The van der Waals surface area contributed by atoms with Crippen LogP contribution in [0.15, 0.2) is 47.8 Å². The molecule has 3 heterocycles. The molecule has 164 valence electrons. The summed E-state index contributed by atoms with van der Waals surface area (Å²) < 4.78 is 2.11. The van der Waals surface area contributed by atoms with Gasteiger partial charge in [-0.3, -0.25) is 9.69 Å². The van der Waals surface area contributed by atoms with E-state index in [-0.39, 0.29) is 5.91 Å². The topological polar surface area (TPSA) is 41.4 Å². The Hall–Kier alpha value is -2.44. The van der Waals surface area contributed by atoms with Gasteiger partial charge in [-0.1, -0.05) is 45.0 Å². The van der Waals surface area contributed by atoms with Crippen LogP contribution in [-0.2, 0) is 30.7 Å². The Bertz CT molecular complexity index is 994. The van der Waals surface area contributed by atoms with E-state index in [1.54, 1.807) is 11.3 Å². The average molecular weight is 437 g/mol. The van der Waals surface area contributed by atoms with Crippen LogP contribution in [0.4, 0.5) is 0 Å². The summed E-state index contributed by atoms with van der Waals surface area (Å²) in [5.74, 6) is 0.591. The number of thiophene rings is 1. The number of hydrogen-bond donors (Lipinski definition) is 0. The van der Waals surface area contributed by atoms with Crippen LogP contribution in [0.3, 0.4) is 0 Å². The minimum absolute atomic E-state index is 0.183. The number of benzene rings is 1. The smallest absolute Gasteiger partial charge is 0.228 e. The average Bonchev–Trinajstić information content (AvgIpc) is 3.41. The molecule has 0 spiro atoms. The quantitative estimate of drug-likeness (QED) is 0.521. The van der Waals surface area contributed by atoms with E-state index in [9.17, 15) is 4.79 Å². The van der Waals surface area contributed by atoms with Crippen LogP contribution in [0.25, 0.3) is 5.69 Å². The van der Waals surface area contributed by atoms with Crippen molar-refractivity contribution in [3.05, 3.63) is 69.7 Å². The maximum atomic E-state index is 13.2. The molecule has 0 saturated carbocycles. The van der Waals surface area contributed by atoms with Crippen molar-refractivity contribution in [2.75, 3.05) is 19.6 Å². The number of rotatable bonds is 8. The summed E-state index contributed by atoms with van der Waals surface area (Å²) in [5.41, 5.74) is 4.73. The number of fused-ring (bicyclic) bond motifs is 1. The number of para-hydroxylation sites is 1. The molecular formula is C25H32N4OS. The number of aromatic nitrogens is 2. The molecule has 1 amide bonds. The van der Waals surface area contributed by atoms with Crippen LogP contribution in [0.5, 0.6) is 0 Å². The predicted octanol–water partition coefficient (Wildman–Crippen LogP) is 4.54. The number of carbonyl (C=O) groups is 1. The second-order valence-electron chi connectivity index (χ2n) is 8.66. The molecule has 0 fully saturated rings. The van der Waals surface area contributed by atoms with Gasteiger partial charge < -0.3 is 4.90 Å². The molecular weight excluding hydrogens is 404 g/mol. The first-order chi connectivity index (χ1) is 15.0. The number of hydrogen-bond acceptors (Lipinski definition) is 4. The number of amides is 1. The van der Waals surface area contributed by atoms with E-state index in [1.807, 2.05) is 28.5 Å². The lowest BCUT2D eigenvalue weighted by atomic mass is 10.0. The lowest BCUT2D eigenvalue weighted by Crippen LogP contribution is -2.36. The molecule has 0 saturated heterocycles. The van der Waals surface area contributed by atoms with Gasteiger partial charge in [0.15, 0.2) is 0 Å². The molecule has 0 radical (unpaired) electrons. The summed E-state index contributed by atoms with van der Waals surface area (Å²) >= 11 is 1.65. The molecule has 2 aromatic heterocycles. The Kier molecular flexibility index (Phi) is 6.88. The summed E-state index contributed by atoms with van der Waals surface area (Å²) in [4.78, 5) is 18.8. The van der Waals surface area contributed by atoms with E-state index in [4.69, 9.17) is 5.10 Å². The first-order valence-corrected chi connectivity index (χ1v) is 12.1. The highest BCUT2D eigenvalue weighted by Gasteiger charge is 2.27. The van der Waals surface area contributed by atoms with Crippen LogP contribution >= 0.6 is 11.3 Å². The fourth-order valence-corrected chi connectivity index (χ4v) is 4.97. The zero-order valence-electron chi connectivity index (χ0n) is 18.8. The predicted molar refractivity (Wildman–Crippen MR) is 126 cm³/mol. The SMILES string of the molecule is CCN1CCc2c(c(CN(CC(C)C)C(=O)Cc3cccs3)nn2-c2ccccc2)C1. The molecule has 1 aliphatic heterocycles. The van der Waals surface area contributed by atoms with Gasteiger partial charge in [0.1, 0.15) is 0 Å². The van der Waals surface area contributed by atoms with Gasteiger partial charge in [-0.2, -0.15) is 5.10 Å². The molecule has 3 aromatic rings. The summed E-state index contributed by atoms with van der Waals surface area (Å²) in [6.07, 6.45) is 1.45. The van der Waals surface area contributed by atoms with Crippen molar-refractivity contribution in [2.24, 2.45) is 5.92 Å². The Labute approximate surface area is 189 Å². The Balaban J connectivity index is 1.66. The van der Waals surface area contributed by atoms with E-state index < -0.39 is 0 Å². The van der Waals surface area contributed by atoms with Crippen LogP contribution in [0.1, 0.15) is 42.6 Å². The van der Waals surface area contributed by atoms with Gasteiger partial charge in [0, 0.05) is 36.5 Å². The van der Waals surface area contributed by atoms with E-state index >= 15 is 0 Å². The molecule has 1 aliphatic rings. The first kappa shape index (κ1) is 21.8. The number of carbonyl (C=O) groups excluding carboxylic acids is 1. The third-order valence-corrected chi connectivity index (χ3v) is 6.73. The Morgan fingerprint density at radius 2 is 2.00 bits per heavy atom. The lowest BCUT2D eigenvalue weighted by molar-refractivity contribution is -0.131. The van der Waals surface area contributed by atoms with Crippen molar-refractivity contribution in [3.63, 3.8) is 0 Å². The Morgan fingerprint density at radius 1 is 1.19 bits per heavy atom. The maximum Gasteiger partial charge on any atom is 0.228 e. The monoisotopic (exact) mass is 436 g/mol. The van der Waals surface area contributed by atoms with Crippen LogP contribution in [0, 0.1) is 5.92 Å². The van der Waals surface area contributed by atoms with Crippen LogP contribution in [-0.4, -0.2) is 45.1 Å². The minimum atomic E-state index is 0.183. The number of likely N-dealkylation sites (N-methyl/N-ethyl adjacent to an activating group) is 1. The third kappa shape index (κ3) is 5.08.